The third-order valence-electron chi connectivity index (χ3n) is 13.2. The SMILES string of the molecule is C=C1[C@@H](C)[C@@H]2C3=C[C@H](O)[C@@H]4[C@@]5(C)CC[C@H](OC(C)=O)C(C)(C)[C@@H]5CC[C@@]4(C)[C@]3(C)CC[C@@]2(C)C[C@@H]1O. The summed E-state index contributed by atoms with van der Waals surface area (Å²) in [7, 11) is 0. The van der Waals surface area contributed by atoms with Gasteiger partial charge in [0.2, 0.25) is 0 Å². The van der Waals surface area contributed by atoms with E-state index in [0.29, 0.717) is 11.8 Å². The number of rotatable bonds is 1. The maximum absolute atomic E-state index is 12.1. The van der Waals surface area contributed by atoms with Gasteiger partial charge in [-0.05, 0) is 89.9 Å². The van der Waals surface area contributed by atoms with Gasteiger partial charge < -0.3 is 14.9 Å². The van der Waals surface area contributed by atoms with Crippen LogP contribution in [0.1, 0.15) is 100 Å². The van der Waals surface area contributed by atoms with Crippen LogP contribution in [0.25, 0.3) is 0 Å². The lowest BCUT2D eigenvalue weighted by Crippen LogP contribution is -2.67. The van der Waals surface area contributed by atoms with Crippen molar-refractivity contribution >= 4 is 5.97 Å². The number of carbonyl (C=O) groups is 1. The number of aliphatic hydroxyl groups excluding tert-OH is 2. The quantitative estimate of drug-likeness (QED) is 0.322. The van der Waals surface area contributed by atoms with E-state index in [-0.39, 0.29) is 51.0 Å². The van der Waals surface area contributed by atoms with Crippen molar-refractivity contribution in [2.24, 2.45) is 50.7 Å². The minimum absolute atomic E-state index is 0.00938. The highest BCUT2D eigenvalue weighted by Crippen LogP contribution is 2.75. The van der Waals surface area contributed by atoms with E-state index in [9.17, 15) is 15.0 Å². The van der Waals surface area contributed by atoms with Crippen LogP contribution in [0, 0.1) is 50.7 Å². The molecule has 0 radical (unpaired) electrons. The molecule has 0 aromatic rings. The van der Waals surface area contributed by atoms with Gasteiger partial charge in [0, 0.05) is 18.3 Å². The van der Waals surface area contributed by atoms with Gasteiger partial charge in [0.05, 0.1) is 12.2 Å². The summed E-state index contributed by atoms with van der Waals surface area (Å²) in [4.78, 5) is 11.9. The summed E-state index contributed by atoms with van der Waals surface area (Å²) >= 11 is 0. The van der Waals surface area contributed by atoms with Crippen molar-refractivity contribution in [2.45, 2.75) is 119 Å². The molecule has 5 aliphatic carbocycles. The van der Waals surface area contributed by atoms with Gasteiger partial charge in [-0.3, -0.25) is 4.79 Å². The number of fused-ring (bicyclic) bond motifs is 7. The first-order chi connectivity index (χ1) is 16.5. The third kappa shape index (κ3) is 3.22. The second-order valence-electron chi connectivity index (χ2n) is 15.1. The van der Waals surface area contributed by atoms with Gasteiger partial charge in [-0.25, -0.2) is 0 Å². The summed E-state index contributed by atoms with van der Waals surface area (Å²) in [5.74, 6) is 0.913. The maximum atomic E-state index is 12.1. The van der Waals surface area contributed by atoms with E-state index in [2.05, 4.69) is 61.1 Å². The molecule has 4 nitrogen and oxygen atoms in total. The highest BCUT2D eigenvalue weighted by atomic mass is 16.5. The number of ether oxygens (including phenoxy) is 1. The van der Waals surface area contributed by atoms with Gasteiger partial charge in [-0.2, -0.15) is 0 Å². The first kappa shape index (κ1) is 26.5. The van der Waals surface area contributed by atoms with Gasteiger partial charge in [0.25, 0.3) is 0 Å². The molecule has 202 valence electrons. The Hall–Kier alpha value is -1.13. The van der Waals surface area contributed by atoms with Gasteiger partial charge in [-0.15, -0.1) is 0 Å². The molecule has 2 N–H and O–H groups in total. The number of esters is 1. The van der Waals surface area contributed by atoms with Gasteiger partial charge >= 0.3 is 5.97 Å². The Bertz CT molecular complexity index is 996. The molecular weight excluding hydrogens is 448 g/mol. The van der Waals surface area contributed by atoms with Gasteiger partial charge in [-0.1, -0.05) is 66.7 Å². The lowest BCUT2D eigenvalue weighted by atomic mass is 9.33. The minimum Gasteiger partial charge on any atom is -0.462 e. The minimum atomic E-state index is -0.485. The van der Waals surface area contributed by atoms with E-state index >= 15 is 0 Å². The zero-order valence-electron chi connectivity index (χ0n) is 24.0. The van der Waals surface area contributed by atoms with Crippen molar-refractivity contribution in [3.8, 4) is 0 Å². The van der Waals surface area contributed by atoms with Crippen LogP contribution >= 0.6 is 0 Å². The van der Waals surface area contributed by atoms with Crippen molar-refractivity contribution in [3.05, 3.63) is 23.8 Å². The summed E-state index contributed by atoms with van der Waals surface area (Å²) in [6.07, 6.45) is 8.33. The topological polar surface area (TPSA) is 66.8 Å². The lowest BCUT2D eigenvalue weighted by Gasteiger charge is -2.72. The number of aliphatic hydroxyl groups is 2. The largest absolute Gasteiger partial charge is 0.462 e. The summed E-state index contributed by atoms with van der Waals surface area (Å²) in [5.41, 5.74) is 2.31. The van der Waals surface area contributed by atoms with E-state index in [1.165, 1.54) is 12.5 Å². The van der Waals surface area contributed by atoms with Crippen LogP contribution in [-0.4, -0.2) is 34.5 Å². The van der Waals surface area contributed by atoms with Crippen LogP contribution in [0.5, 0.6) is 0 Å². The fourth-order valence-corrected chi connectivity index (χ4v) is 11.2. The molecule has 4 fully saturated rings. The average molecular weight is 499 g/mol. The van der Waals surface area contributed by atoms with Crippen LogP contribution < -0.4 is 0 Å². The molecule has 0 amide bonds. The van der Waals surface area contributed by atoms with E-state index < -0.39 is 12.2 Å². The van der Waals surface area contributed by atoms with Crippen LogP contribution in [0.15, 0.2) is 23.8 Å². The molecular formula is C32H50O4. The van der Waals surface area contributed by atoms with Crippen LogP contribution in [0.3, 0.4) is 0 Å². The summed E-state index contributed by atoms with van der Waals surface area (Å²) in [6.45, 7) is 22.4. The molecule has 0 saturated heterocycles. The summed E-state index contributed by atoms with van der Waals surface area (Å²) < 4.78 is 5.85. The Kier molecular flexibility index (Phi) is 5.84. The molecule has 0 aliphatic heterocycles. The molecule has 5 aliphatic rings. The summed E-state index contributed by atoms with van der Waals surface area (Å²) in [5, 5.41) is 22.8. The van der Waals surface area contributed by atoms with Crippen LogP contribution in [0.4, 0.5) is 0 Å². The van der Waals surface area contributed by atoms with E-state index in [0.717, 1.165) is 50.5 Å². The van der Waals surface area contributed by atoms with Crippen molar-refractivity contribution in [2.75, 3.05) is 0 Å². The molecule has 0 unspecified atom stereocenters. The molecule has 0 aromatic heterocycles. The number of hydrogen-bond donors (Lipinski definition) is 2. The van der Waals surface area contributed by atoms with Crippen molar-refractivity contribution in [3.63, 3.8) is 0 Å². The van der Waals surface area contributed by atoms with E-state index in [1.807, 2.05) is 0 Å². The highest BCUT2D eigenvalue weighted by Gasteiger charge is 2.70. The standard InChI is InChI=1S/C32H50O4/c1-18-19(2)26-21-16-22(34)27-30(7)12-11-25(36-20(3)33)28(4,5)24(30)10-13-32(27,9)31(21,8)15-14-29(26,6)17-23(18)35/h16,19,22-27,34-35H,1,10-15,17H2,2-9H3/t19-,22+,23+,24+,25+,26-,27-,29+,30+,31-,32-/m1/s1. The summed E-state index contributed by atoms with van der Waals surface area (Å²) in [6, 6.07) is 0. The molecule has 0 spiro atoms. The Morgan fingerprint density at radius 2 is 1.69 bits per heavy atom. The Labute approximate surface area is 219 Å². The second kappa shape index (κ2) is 7.94. The Morgan fingerprint density at radius 3 is 2.33 bits per heavy atom. The molecule has 36 heavy (non-hydrogen) atoms. The monoisotopic (exact) mass is 498 g/mol. The first-order valence-corrected chi connectivity index (χ1v) is 14.5. The number of allylic oxidation sites excluding steroid dienone is 1. The smallest absolute Gasteiger partial charge is 0.302 e. The Balaban J connectivity index is 1.59. The molecule has 0 heterocycles. The molecule has 11 atom stereocenters. The lowest BCUT2D eigenvalue weighted by molar-refractivity contribution is -0.229. The second-order valence-corrected chi connectivity index (χ2v) is 15.1. The molecule has 5 rings (SSSR count). The van der Waals surface area contributed by atoms with E-state index in [1.54, 1.807) is 0 Å². The highest BCUT2D eigenvalue weighted by molar-refractivity contribution is 5.66. The third-order valence-corrected chi connectivity index (χ3v) is 13.2. The first-order valence-electron chi connectivity index (χ1n) is 14.5. The van der Waals surface area contributed by atoms with Crippen molar-refractivity contribution in [1.29, 1.82) is 0 Å². The molecule has 0 bridgehead atoms. The number of carbonyl (C=O) groups excluding carboxylic acids is 1. The Morgan fingerprint density at radius 1 is 1.03 bits per heavy atom. The molecule has 4 saturated carbocycles. The normalized spacial score (nSPS) is 53.8. The zero-order valence-corrected chi connectivity index (χ0v) is 24.0. The fourth-order valence-electron chi connectivity index (χ4n) is 11.2. The predicted molar refractivity (Wildman–Crippen MR) is 143 cm³/mol. The average Bonchev–Trinajstić information content (AvgIpc) is 2.75. The molecule has 0 aromatic carbocycles. The van der Waals surface area contributed by atoms with Crippen molar-refractivity contribution < 1.29 is 19.7 Å². The zero-order chi connectivity index (χ0) is 26.6. The molecule has 4 heteroatoms. The van der Waals surface area contributed by atoms with Crippen LogP contribution in [0.2, 0.25) is 0 Å². The fraction of sp³-hybridized carbons (Fsp3) is 0.844. The number of hydrogen-bond acceptors (Lipinski definition) is 4. The van der Waals surface area contributed by atoms with Crippen LogP contribution in [-0.2, 0) is 9.53 Å². The van der Waals surface area contributed by atoms with Crippen molar-refractivity contribution in [1.82, 2.24) is 0 Å². The van der Waals surface area contributed by atoms with E-state index in [4.69, 9.17) is 4.74 Å². The maximum Gasteiger partial charge on any atom is 0.302 e. The van der Waals surface area contributed by atoms with Gasteiger partial charge in [0.15, 0.2) is 0 Å². The predicted octanol–water partition coefficient (Wildman–Crippen LogP) is 6.46. The van der Waals surface area contributed by atoms with Gasteiger partial charge in [0.1, 0.15) is 6.10 Å².